The van der Waals surface area contributed by atoms with Crippen LogP contribution in [-0.4, -0.2) is 32.7 Å². The molecule has 0 radical (unpaired) electrons. The highest BCUT2D eigenvalue weighted by Gasteiger charge is 2.13. The first-order valence-corrected chi connectivity index (χ1v) is 10.7. The molecule has 28 heavy (non-hydrogen) atoms. The predicted molar refractivity (Wildman–Crippen MR) is 114 cm³/mol. The number of unbranched alkanes of at least 4 members (excludes halogenated alkanes) is 10. The second-order valence-corrected chi connectivity index (χ2v) is 7.24. The van der Waals surface area contributed by atoms with Crippen molar-refractivity contribution in [1.29, 1.82) is 0 Å². The summed E-state index contributed by atoms with van der Waals surface area (Å²) in [4.78, 5) is 23.6. The van der Waals surface area contributed by atoms with E-state index < -0.39 is 11.9 Å². The van der Waals surface area contributed by atoms with Crippen LogP contribution in [0.3, 0.4) is 0 Å². The van der Waals surface area contributed by atoms with Crippen molar-refractivity contribution < 1.29 is 19.1 Å². The first-order valence-electron chi connectivity index (χ1n) is 10.7. The van der Waals surface area contributed by atoms with Crippen LogP contribution in [0.15, 0.2) is 18.2 Å². The zero-order valence-electron chi connectivity index (χ0n) is 17.9. The molecule has 1 aromatic carbocycles. The number of methoxy groups -OCH3 is 2. The minimum atomic E-state index is -0.469. The van der Waals surface area contributed by atoms with Gasteiger partial charge in [-0.25, -0.2) is 9.59 Å². The number of nitrogens with one attached hydrogen (secondary N) is 1. The fourth-order valence-electron chi connectivity index (χ4n) is 3.22. The summed E-state index contributed by atoms with van der Waals surface area (Å²) in [6.07, 6.45) is 14.3. The van der Waals surface area contributed by atoms with Gasteiger partial charge < -0.3 is 14.8 Å². The second-order valence-electron chi connectivity index (χ2n) is 7.24. The normalized spacial score (nSPS) is 10.5. The van der Waals surface area contributed by atoms with Crippen LogP contribution in [0.2, 0.25) is 0 Å². The van der Waals surface area contributed by atoms with E-state index >= 15 is 0 Å². The summed E-state index contributed by atoms with van der Waals surface area (Å²) in [7, 11) is 2.65. The molecule has 1 rings (SSSR count). The van der Waals surface area contributed by atoms with Gasteiger partial charge in [-0.15, -0.1) is 0 Å². The van der Waals surface area contributed by atoms with E-state index in [4.69, 9.17) is 9.47 Å². The molecule has 0 saturated heterocycles. The number of carbonyl (C=O) groups excluding carboxylic acids is 2. The molecule has 0 aliphatic heterocycles. The van der Waals surface area contributed by atoms with Crippen molar-refractivity contribution >= 4 is 17.6 Å². The van der Waals surface area contributed by atoms with Crippen molar-refractivity contribution in [2.45, 2.75) is 77.6 Å². The van der Waals surface area contributed by atoms with Crippen LogP contribution < -0.4 is 5.32 Å². The molecule has 0 amide bonds. The SMILES string of the molecule is CCCCCCCCCCCCCNc1cc(C(=O)OC)cc(C(=O)OC)c1. The summed E-state index contributed by atoms with van der Waals surface area (Å²) in [5.41, 5.74) is 1.41. The molecule has 1 N–H and O–H groups in total. The molecule has 0 atom stereocenters. The van der Waals surface area contributed by atoms with Crippen LogP contribution >= 0.6 is 0 Å². The highest BCUT2D eigenvalue weighted by atomic mass is 16.5. The number of carbonyl (C=O) groups is 2. The molecule has 0 heterocycles. The molecule has 158 valence electrons. The number of hydrogen-bond acceptors (Lipinski definition) is 5. The van der Waals surface area contributed by atoms with Crippen molar-refractivity contribution in [1.82, 2.24) is 0 Å². The number of hydrogen-bond donors (Lipinski definition) is 1. The lowest BCUT2D eigenvalue weighted by molar-refractivity contribution is 0.0599. The summed E-state index contributed by atoms with van der Waals surface area (Å²) in [5, 5.41) is 3.30. The van der Waals surface area contributed by atoms with E-state index in [1.54, 1.807) is 12.1 Å². The number of rotatable bonds is 15. The quantitative estimate of drug-likeness (QED) is 0.294. The molecule has 5 heteroatoms. The minimum Gasteiger partial charge on any atom is -0.465 e. The molecule has 0 saturated carbocycles. The van der Waals surface area contributed by atoms with Crippen LogP contribution in [0.25, 0.3) is 0 Å². The van der Waals surface area contributed by atoms with E-state index in [1.165, 1.54) is 84.5 Å². The summed E-state index contributed by atoms with van der Waals surface area (Å²) in [6.45, 7) is 3.06. The van der Waals surface area contributed by atoms with E-state index in [0.29, 0.717) is 11.1 Å². The molecular formula is C23H37NO4. The Kier molecular flexibility index (Phi) is 12.8. The Morgan fingerprint density at radius 3 is 1.57 bits per heavy atom. The highest BCUT2D eigenvalue weighted by Crippen LogP contribution is 2.17. The van der Waals surface area contributed by atoms with Gasteiger partial charge in [0.15, 0.2) is 0 Å². The average molecular weight is 392 g/mol. The van der Waals surface area contributed by atoms with Crippen LogP contribution in [-0.2, 0) is 9.47 Å². The summed E-state index contributed by atoms with van der Waals surface area (Å²) in [6, 6.07) is 4.90. The Morgan fingerprint density at radius 1 is 0.714 bits per heavy atom. The number of esters is 2. The second kappa shape index (κ2) is 14.9. The van der Waals surface area contributed by atoms with Gasteiger partial charge in [0.05, 0.1) is 25.3 Å². The van der Waals surface area contributed by atoms with Gasteiger partial charge in [0.25, 0.3) is 0 Å². The molecule has 0 bridgehead atoms. The molecule has 0 fully saturated rings. The molecule has 0 aliphatic carbocycles. The molecule has 0 spiro atoms. The standard InChI is InChI=1S/C23H37NO4/c1-4-5-6-7-8-9-10-11-12-13-14-15-24-21-17-19(22(25)27-2)16-20(18-21)23(26)28-3/h16-18,24H,4-15H2,1-3H3. The highest BCUT2D eigenvalue weighted by molar-refractivity contribution is 5.96. The van der Waals surface area contributed by atoms with E-state index in [0.717, 1.165) is 18.7 Å². The number of benzene rings is 1. The average Bonchev–Trinajstić information content (AvgIpc) is 2.73. The Morgan fingerprint density at radius 2 is 1.14 bits per heavy atom. The van der Waals surface area contributed by atoms with Crippen LogP contribution in [0, 0.1) is 0 Å². The van der Waals surface area contributed by atoms with Crippen molar-refractivity contribution in [3.8, 4) is 0 Å². The lowest BCUT2D eigenvalue weighted by atomic mass is 10.1. The van der Waals surface area contributed by atoms with Gasteiger partial charge in [-0.05, 0) is 24.6 Å². The Hall–Kier alpha value is -2.04. The summed E-state index contributed by atoms with van der Waals surface area (Å²) in [5.74, 6) is -0.938. The van der Waals surface area contributed by atoms with Gasteiger partial charge >= 0.3 is 11.9 Å². The Balaban J connectivity index is 2.27. The zero-order valence-corrected chi connectivity index (χ0v) is 17.9. The third-order valence-electron chi connectivity index (χ3n) is 4.88. The van der Waals surface area contributed by atoms with E-state index in [9.17, 15) is 9.59 Å². The van der Waals surface area contributed by atoms with Gasteiger partial charge in [-0.3, -0.25) is 0 Å². The topological polar surface area (TPSA) is 64.6 Å². The lowest BCUT2D eigenvalue weighted by Crippen LogP contribution is -2.09. The number of ether oxygens (including phenoxy) is 2. The van der Waals surface area contributed by atoms with Crippen molar-refractivity contribution in [3.05, 3.63) is 29.3 Å². The van der Waals surface area contributed by atoms with E-state index in [2.05, 4.69) is 12.2 Å². The van der Waals surface area contributed by atoms with Crippen molar-refractivity contribution in [2.24, 2.45) is 0 Å². The van der Waals surface area contributed by atoms with Crippen LogP contribution in [0.4, 0.5) is 5.69 Å². The van der Waals surface area contributed by atoms with Gasteiger partial charge in [-0.2, -0.15) is 0 Å². The fourth-order valence-corrected chi connectivity index (χ4v) is 3.22. The maximum Gasteiger partial charge on any atom is 0.337 e. The van der Waals surface area contributed by atoms with Gasteiger partial charge in [0, 0.05) is 12.2 Å². The predicted octanol–water partition coefficient (Wildman–Crippen LogP) is 5.98. The maximum absolute atomic E-state index is 11.8. The number of anilines is 1. The molecule has 0 aromatic heterocycles. The molecular weight excluding hydrogens is 354 g/mol. The van der Waals surface area contributed by atoms with Crippen molar-refractivity contribution in [3.63, 3.8) is 0 Å². The van der Waals surface area contributed by atoms with Crippen LogP contribution in [0.5, 0.6) is 0 Å². The monoisotopic (exact) mass is 391 g/mol. The molecule has 0 aliphatic rings. The van der Waals surface area contributed by atoms with Gasteiger partial charge in [0.1, 0.15) is 0 Å². The summed E-state index contributed by atoms with van der Waals surface area (Å²) < 4.78 is 9.52. The first kappa shape index (κ1) is 24.0. The maximum atomic E-state index is 11.8. The minimum absolute atomic E-state index is 0.340. The molecule has 1 aromatic rings. The summed E-state index contributed by atoms with van der Waals surface area (Å²) >= 11 is 0. The van der Waals surface area contributed by atoms with E-state index in [1.807, 2.05) is 0 Å². The smallest absolute Gasteiger partial charge is 0.337 e. The third kappa shape index (κ3) is 9.77. The van der Waals surface area contributed by atoms with E-state index in [-0.39, 0.29) is 0 Å². The molecule has 0 unspecified atom stereocenters. The largest absolute Gasteiger partial charge is 0.465 e. The Labute approximate surface area is 170 Å². The Bertz CT molecular complexity index is 552. The lowest BCUT2D eigenvalue weighted by Gasteiger charge is -2.10. The zero-order chi connectivity index (χ0) is 20.6. The van der Waals surface area contributed by atoms with Crippen molar-refractivity contribution in [2.75, 3.05) is 26.1 Å². The van der Waals surface area contributed by atoms with Gasteiger partial charge in [-0.1, -0.05) is 71.1 Å². The first-order chi connectivity index (χ1) is 13.6. The molecule has 5 nitrogen and oxygen atoms in total. The fraction of sp³-hybridized carbons (Fsp3) is 0.652. The van der Waals surface area contributed by atoms with Crippen LogP contribution in [0.1, 0.15) is 98.3 Å². The third-order valence-corrected chi connectivity index (χ3v) is 4.88. The van der Waals surface area contributed by atoms with Gasteiger partial charge in [0.2, 0.25) is 0 Å².